The van der Waals surface area contributed by atoms with Crippen molar-refractivity contribution in [2.24, 2.45) is 0 Å². The Bertz CT molecular complexity index is 850. The van der Waals surface area contributed by atoms with Crippen molar-refractivity contribution < 1.29 is 24.3 Å². The molecule has 3 aliphatic heterocycles. The van der Waals surface area contributed by atoms with Gasteiger partial charge in [-0.3, -0.25) is 19.3 Å². The number of carboxylic acid groups (broad SMARTS) is 1. The number of hydrogen-bond donors (Lipinski definition) is 1. The zero-order valence-corrected chi connectivity index (χ0v) is 13.4. The van der Waals surface area contributed by atoms with Gasteiger partial charge in [0.15, 0.2) is 5.54 Å². The second-order valence-corrected chi connectivity index (χ2v) is 8.38. The lowest BCUT2D eigenvalue weighted by atomic mass is 9.99. The lowest BCUT2D eigenvalue weighted by molar-refractivity contribution is -0.165. The average molecular weight is 344 g/mol. The number of benzene rings is 1. The molecule has 5 rings (SSSR count). The molecule has 1 aromatic rings. The first kappa shape index (κ1) is 14.0. The van der Waals surface area contributed by atoms with E-state index >= 15 is 0 Å². The summed E-state index contributed by atoms with van der Waals surface area (Å²) in [5, 5.41) is 9.08. The lowest BCUT2D eigenvalue weighted by Gasteiger charge is -2.48. The van der Waals surface area contributed by atoms with Gasteiger partial charge in [0.1, 0.15) is 11.4 Å². The molecule has 8 heteroatoms. The molecule has 1 aromatic carbocycles. The minimum atomic E-state index is -1.19. The fourth-order valence-electron chi connectivity index (χ4n) is 4.26. The van der Waals surface area contributed by atoms with Crippen LogP contribution in [0.2, 0.25) is 0 Å². The molecule has 1 N–H and O–H groups in total. The van der Waals surface area contributed by atoms with Crippen LogP contribution in [0.25, 0.3) is 0 Å². The van der Waals surface area contributed by atoms with E-state index in [4.69, 9.17) is 0 Å². The number of rotatable bonds is 2. The van der Waals surface area contributed by atoms with Crippen molar-refractivity contribution >= 4 is 35.5 Å². The Morgan fingerprint density at radius 2 is 1.79 bits per heavy atom. The monoisotopic (exact) mass is 344 g/mol. The van der Waals surface area contributed by atoms with E-state index in [9.17, 15) is 24.3 Å². The lowest BCUT2D eigenvalue weighted by Crippen LogP contribution is -2.72. The molecule has 4 aliphatic rings. The number of nitrogens with zero attached hydrogens (tertiary/aromatic N) is 2. The van der Waals surface area contributed by atoms with E-state index < -0.39 is 45.4 Å². The van der Waals surface area contributed by atoms with Crippen molar-refractivity contribution in [1.82, 2.24) is 9.80 Å². The average Bonchev–Trinajstić information content (AvgIpc) is 2.99. The van der Waals surface area contributed by atoms with Gasteiger partial charge in [-0.2, -0.15) is 0 Å². The molecule has 0 aromatic heterocycles. The Hall–Kier alpha value is -2.35. The molecular formula is C16H12N2O5S. The quantitative estimate of drug-likeness (QED) is 0.622. The van der Waals surface area contributed by atoms with Crippen LogP contribution in [0.1, 0.15) is 34.1 Å². The number of fused-ring (bicyclic) bond motifs is 4. The standard InChI is InChI=1S/C16H12N2O5S/c1-15-6-16(15,14(22)23)18-12(21)9(13(18)24-15)17-10(19)7-4-2-3-5-8(7)11(17)20/h2-5,9,13H,6H2,1H3,(H,22,23)/t9?,13-,15?,16?/m1/s1. The number of hydrogen-bond acceptors (Lipinski definition) is 5. The summed E-state index contributed by atoms with van der Waals surface area (Å²) in [6, 6.07) is 5.55. The topological polar surface area (TPSA) is 95.0 Å². The minimum absolute atomic E-state index is 0.293. The highest BCUT2D eigenvalue weighted by Gasteiger charge is 2.85. The molecular weight excluding hydrogens is 332 g/mol. The molecule has 0 spiro atoms. The maximum Gasteiger partial charge on any atom is 0.331 e. The SMILES string of the molecule is CC12CC1(C(=O)O)N1C(=O)C(N3C(=O)c4ccccc4C3=O)[C@H]1S2. The van der Waals surface area contributed by atoms with Crippen molar-refractivity contribution in [3.8, 4) is 0 Å². The molecule has 1 aliphatic carbocycles. The van der Waals surface area contributed by atoms with Crippen LogP contribution in [0.5, 0.6) is 0 Å². The summed E-state index contributed by atoms with van der Waals surface area (Å²) in [5.74, 6) is -2.44. The zero-order chi connectivity index (χ0) is 17.0. The van der Waals surface area contributed by atoms with Crippen LogP contribution < -0.4 is 0 Å². The third-order valence-electron chi connectivity index (χ3n) is 5.61. The van der Waals surface area contributed by atoms with Crippen LogP contribution in [0, 0.1) is 0 Å². The maximum absolute atomic E-state index is 12.7. The fourth-order valence-corrected chi connectivity index (χ4v) is 6.23. The zero-order valence-electron chi connectivity index (χ0n) is 12.6. The van der Waals surface area contributed by atoms with Crippen LogP contribution in [-0.2, 0) is 9.59 Å². The van der Waals surface area contributed by atoms with Crippen LogP contribution >= 0.6 is 11.8 Å². The van der Waals surface area contributed by atoms with E-state index in [0.717, 1.165) is 4.90 Å². The number of carbonyl (C=O) groups excluding carboxylic acids is 3. The summed E-state index contributed by atoms with van der Waals surface area (Å²) < 4.78 is -0.549. The first-order chi connectivity index (χ1) is 11.3. The van der Waals surface area contributed by atoms with Crippen molar-refractivity contribution in [2.75, 3.05) is 0 Å². The van der Waals surface area contributed by atoms with E-state index in [1.165, 1.54) is 16.7 Å². The van der Waals surface area contributed by atoms with Gasteiger partial charge >= 0.3 is 5.97 Å². The summed E-state index contributed by atoms with van der Waals surface area (Å²) >= 11 is 1.38. The van der Waals surface area contributed by atoms with Crippen LogP contribution in [0.15, 0.2) is 24.3 Å². The molecule has 0 radical (unpaired) electrons. The van der Waals surface area contributed by atoms with Gasteiger partial charge in [-0.25, -0.2) is 4.79 Å². The summed E-state index contributed by atoms with van der Waals surface area (Å²) in [7, 11) is 0. The summed E-state index contributed by atoms with van der Waals surface area (Å²) in [6.45, 7) is 1.82. The third kappa shape index (κ3) is 1.23. The van der Waals surface area contributed by atoms with Crippen molar-refractivity contribution in [3.05, 3.63) is 35.4 Å². The van der Waals surface area contributed by atoms with Gasteiger partial charge in [-0.05, 0) is 19.1 Å². The van der Waals surface area contributed by atoms with Gasteiger partial charge in [0.2, 0.25) is 0 Å². The van der Waals surface area contributed by atoms with Gasteiger partial charge in [0.25, 0.3) is 17.7 Å². The van der Waals surface area contributed by atoms with E-state index in [1.54, 1.807) is 24.3 Å². The Kier molecular flexibility index (Phi) is 2.24. The first-order valence-electron chi connectivity index (χ1n) is 7.55. The first-order valence-corrected chi connectivity index (χ1v) is 8.43. The van der Waals surface area contributed by atoms with E-state index in [2.05, 4.69) is 0 Å². The highest BCUT2D eigenvalue weighted by Crippen LogP contribution is 2.72. The van der Waals surface area contributed by atoms with Gasteiger partial charge in [-0.15, -0.1) is 11.8 Å². The fraction of sp³-hybridized carbons (Fsp3) is 0.375. The second-order valence-electron chi connectivity index (χ2n) is 6.76. The number of amides is 3. The Balaban J connectivity index is 1.52. The molecule has 24 heavy (non-hydrogen) atoms. The van der Waals surface area contributed by atoms with E-state index in [-0.39, 0.29) is 0 Å². The van der Waals surface area contributed by atoms with Crippen LogP contribution in [-0.4, -0.2) is 60.3 Å². The van der Waals surface area contributed by atoms with E-state index in [0.29, 0.717) is 17.5 Å². The molecule has 3 amide bonds. The maximum atomic E-state index is 12.7. The minimum Gasteiger partial charge on any atom is -0.479 e. The van der Waals surface area contributed by atoms with Gasteiger partial charge in [0.05, 0.1) is 15.9 Å². The summed E-state index contributed by atoms with van der Waals surface area (Å²) in [4.78, 5) is 51.9. The number of thioether (sulfide) groups is 1. The van der Waals surface area contributed by atoms with Gasteiger partial charge in [0, 0.05) is 6.42 Å². The highest BCUT2D eigenvalue weighted by molar-refractivity contribution is 8.02. The van der Waals surface area contributed by atoms with Crippen molar-refractivity contribution in [3.63, 3.8) is 0 Å². The smallest absolute Gasteiger partial charge is 0.331 e. The van der Waals surface area contributed by atoms with Gasteiger partial charge < -0.3 is 10.0 Å². The van der Waals surface area contributed by atoms with Crippen LogP contribution in [0.3, 0.4) is 0 Å². The number of carbonyl (C=O) groups is 4. The molecule has 3 heterocycles. The largest absolute Gasteiger partial charge is 0.479 e. The normalized spacial score (nSPS) is 38.6. The molecule has 7 nitrogen and oxygen atoms in total. The Morgan fingerprint density at radius 1 is 1.21 bits per heavy atom. The van der Waals surface area contributed by atoms with Crippen molar-refractivity contribution in [2.45, 2.75) is 35.0 Å². The molecule has 4 atom stereocenters. The van der Waals surface area contributed by atoms with Crippen LogP contribution in [0.4, 0.5) is 0 Å². The molecule has 3 fully saturated rings. The molecule has 2 saturated heterocycles. The molecule has 0 bridgehead atoms. The predicted octanol–water partition coefficient (Wildman–Crippen LogP) is 0.552. The second kappa shape index (κ2) is 3.83. The molecule has 1 saturated carbocycles. The molecule has 3 unspecified atom stereocenters. The Morgan fingerprint density at radius 3 is 2.33 bits per heavy atom. The van der Waals surface area contributed by atoms with Gasteiger partial charge in [-0.1, -0.05) is 12.1 Å². The Labute approximate surface area is 140 Å². The number of imide groups is 1. The highest BCUT2D eigenvalue weighted by atomic mass is 32.2. The number of β-lactam (4-membered cyclic amide) rings is 1. The number of carboxylic acids is 1. The summed E-state index contributed by atoms with van der Waals surface area (Å²) in [6.07, 6.45) is 0.400. The van der Waals surface area contributed by atoms with E-state index in [1.807, 2.05) is 6.92 Å². The molecule has 122 valence electrons. The van der Waals surface area contributed by atoms with Crippen molar-refractivity contribution in [1.29, 1.82) is 0 Å². The third-order valence-corrected chi connectivity index (χ3v) is 7.32. The predicted molar refractivity (Wildman–Crippen MR) is 82.3 cm³/mol. The number of aliphatic carboxylic acids is 1. The summed E-state index contributed by atoms with van der Waals surface area (Å²) in [5.41, 5.74) is -0.601.